The Morgan fingerprint density at radius 1 is 1.18 bits per heavy atom. The molecule has 34 heavy (non-hydrogen) atoms. The van der Waals surface area contributed by atoms with Crippen LogP contribution >= 0.6 is 46.3 Å². The number of halogens is 2. The fourth-order valence-corrected chi connectivity index (χ4v) is 5.27. The van der Waals surface area contributed by atoms with Gasteiger partial charge in [0.25, 0.3) is 5.91 Å². The molecule has 178 valence electrons. The molecule has 0 aliphatic carbocycles. The van der Waals surface area contributed by atoms with E-state index in [1.807, 2.05) is 16.7 Å². The molecule has 0 aliphatic rings. The number of amides is 1. The number of thiazole rings is 1. The highest BCUT2D eigenvalue weighted by atomic mass is 35.5. The Morgan fingerprint density at radius 3 is 2.82 bits per heavy atom. The average molecular weight is 537 g/mol. The van der Waals surface area contributed by atoms with Crippen LogP contribution in [0.25, 0.3) is 17.3 Å². The highest BCUT2D eigenvalue weighted by Crippen LogP contribution is 2.33. The Labute approximate surface area is 215 Å². The SMILES string of the molecule is CCCCCCNC(=O)c1csc(CSc2nnc(-c3ccco3)n2-c2ccc(Cl)c(Cl)c2)n1. The van der Waals surface area contributed by atoms with Crippen LogP contribution < -0.4 is 5.32 Å². The van der Waals surface area contributed by atoms with Crippen molar-refractivity contribution < 1.29 is 9.21 Å². The molecule has 0 unspecified atom stereocenters. The Balaban J connectivity index is 1.47. The van der Waals surface area contributed by atoms with Crippen LogP contribution in [0.5, 0.6) is 0 Å². The van der Waals surface area contributed by atoms with E-state index in [1.54, 1.807) is 29.8 Å². The minimum atomic E-state index is -0.136. The summed E-state index contributed by atoms with van der Waals surface area (Å²) < 4.78 is 7.41. The van der Waals surface area contributed by atoms with Crippen LogP contribution in [0.2, 0.25) is 10.0 Å². The van der Waals surface area contributed by atoms with Crippen molar-refractivity contribution in [3.05, 3.63) is 62.7 Å². The molecule has 3 aromatic heterocycles. The smallest absolute Gasteiger partial charge is 0.270 e. The van der Waals surface area contributed by atoms with E-state index in [9.17, 15) is 4.79 Å². The normalized spacial score (nSPS) is 11.1. The number of furan rings is 1. The van der Waals surface area contributed by atoms with Gasteiger partial charge in [0, 0.05) is 11.9 Å². The summed E-state index contributed by atoms with van der Waals surface area (Å²) in [4.78, 5) is 16.9. The van der Waals surface area contributed by atoms with Gasteiger partial charge in [0.15, 0.2) is 10.9 Å². The van der Waals surface area contributed by atoms with Gasteiger partial charge in [-0.05, 0) is 36.8 Å². The number of nitrogens with one attached hydrogen (secondary N) is 1. The number of nitrogens with zero attached hydrogens (tertiary/aromatic N) is 4. The minimum absolute atomic E-state index is 0.136. The minimum Gasteiger partial charge on any atom is -0.461 e. The molecule has 0 bridgehead atoms. The van der Waals surface area contributed by atoms with Gasteiger partial charge in [-0.1, -0.05) is 61.1 Å². The molecular formula is C23H23Cl2N5O2S2. The van der Waals surface area contributed by atoms with Crippen LogP contribution in [0.3, 0.4) is 0 Å². The summed E-state index contributed by atoms with van der Waals surface area (Å²) in [7, 11) is 0. The van der Waals surface area contributed by atoms with E-state index in [0.29, 0.717) is 44.8 Å². The first-order valence-electron chi connectivity index (χ1n) is 10.9. The van der Waals surface area contributed by atoms with Crippen LogP contribution in [0.15, 0.2) is 51.5 Å². The molecule has 1 amide bonds. The second-order valence-corrected chi connectivity index (χ2v) is 10.1. The third-order valence-corrected chi connectivity index (χ3v) is 7.67. The van der Waals surface area contributed by atoms with Gasteiger partial charge in [-0.15, -0.1) is 21.5 Å². The van der Waals surface area contributed by atoms with E-state index in [4.69, 9.17) is 27.6 Å². The van der Waals surface area contributed by atoms with Gasteiger partial charge in [-0.2, -0.15) is 0 Å². The Hall–Kier alpha value is -2.33. The Bertz CT molecular complexity index is 1240. The van der Waals surface area contributed by atoms with E-state index < -0.39 is 0 Å². The first-order chi connectivity index (χ1) is 16.6. The first-order valence-corrected chi connectivity index (χ1v) is 13.5. The fraction of sp³-hybridized carbons (Fsp3) is 0.304. The number of rotatable bonds is 11. The van der Waals surface area contributed by atoms with Crippen molar-refractivity contribution in [2.24, 2.45) is 0 Å². The topological polar surface area (TPSA) is 85.8 Å². The molecule has 4 aromatic rings. The molecule has 0 spiro atoms. The van der Waals surface area contributed by atoms with E-state index in [2.05, 4.69) is 27.4 Å². The summed E-state index contributed by atoms with van der Waals surface area (Å²) in [6.45, 7) is 2.83. The highest BCUT2D eigenvalue weighted by Gasteiger charge is 2.19. The summed E-state index contributed by atoms with van der Waals surface area (Å²) in [5.74, 6) is 1.53. The molecule has 0 atom stereocenters. The molecule has 0 saturated heterocycles. The van der Waals surface area contributed by atoms with Crippen molar-refractivity contribution in [1.82, 2.24) is 25.1 Å². The highest BCUT2D eigenvalue weighted by molar-refractivity contribution is 7.98. The van der Waals surface area contributed by atoms with Crippen LogP contribution in [0, 0.1) is 0 Å². The third-order valence-electron chi connectivity index (χ3n) is 4.96. The third kappa shape index (κ3) is 6.02. The lowest BCUT2D eigenvalue weighted by atomic mass is 10.2. The quantitative estimate of drug-likeness (QED) is 0.166. The molecule has 7 nitrogen and oxygen atoms in total. The van der Waals surface area contributed by atoms with Crippen LogP contribution in [-0.2, 0) is 5.75 Å². The van der Waals surface area contributed by atoms with E-state index in [0.717, 1.165) is 23.5 Å². The predicted molar refractivity (Wildman–Crippen MR) is 137 cm³/mol. The van der Waals surface area contributed by atoms with Crippen molar-refractivity contribution in [1.29, 1.82) is 0 Å². The maximum absolute atomic E-state index is 12.4. The van der Waals surface area contributed by atoms with Gasteiger partial charge in [0.05, 0.1) is 27.7 Å². The van der Waals surface area contributed by atoms with Gasteiger partial charge < -0.3 is 9.73 Å². The molecule has 1 aromatic carbocycles. The van der Waals surface area contributed by atoms with Crippen LogP contribution in [-0.4, -0.2) is 32.2 Å². The number of carbonyl (C=O) groups is 1. The van der Waals surface area contributed by atoms with Gasteiger partial charge >= 0.3 is 0 Å². The molecule has 3 heterocycles. The molecule has 0 saturated carbocycles. The maximum Gasteiger partial charge on any atom is 0.270 e. The monoisotopic (exact) mass is 535 g/mol. The van der Waals surface area contributed by atoms with Crippen LogP contribution in [0.1, 0.15) is 48.1 Å². The van der Waals surface area contributed by atoms with Crippen LogP contribution in [0.4, 0.5) is 0 Å². The average Bonchev–Trinajstić information content (AvgIpc) is 3.59. The lowest BCUT2D eigenvalue weighted by molar-refractivity contribution is 0.0948. The van der Waals surface area contributed by atoms with Gasteiger partial charge in [0.1, 0.15) is 10.7 Å². The second kappa shape index (κ2) is 11.9. The van der Waals surface area contributed by atoms with Gasteiger partial charge in [0.2, 0.25) is 5.82 Å². The van der Waals surface area contributed by atoms with Gasteiger partial charge in [-0.25, -0.2) is 4.98 Å². The Kier molecular flexibility index (Phi) is 8.66. The zero-order valence-corrected chi connectivity index (χ0v) is 21.6. The fourth-order valence-electron chi connectivity index (χ4n) is 3.24. The zero-order chi connectivity index (χ0) is 23.9. The van der Waals surface area contributed by atoms with Crippen molar-refractivity contribution in [2.45, 2.75) is 43.5 Å². The zero-order valence-electron chi connectivity index (χ0n) is 18.5. The number of hydrogen-bond acceptors (Lipinski definition) is 7. The second-order valence-electron chi connectivity index (χ2n) is 7.45. The Morgan fingerprint density at radius 2 is 2.06 bits per heavy atom. The number of hydrogen-bond donors (Lipinski definition) is 1. The summed E-state index contributed by atoms with van der Waals surface area (Å²) >= 11 is 15.3. The van der Waals surface area contributed by atoms with Crippen molar-refractivity contribution in [3.63, 3.8) is 0 Å². The maximum atomic E-state index is 12.4. The lowest BCUT2D eigenvalue weighted by Gasteiger charge is -2.10. The van der Waals surface area contributed by atoms with E-state index in [1.165, 1.54) is 35.9 Å². The van der Waals surface area contributed by atoms with Crippen molar-refractivity contribution in [2.75, 3.05) is 6.54 Å². The number of aromatic nitrogens is 4. The van der Waals surface area contributed by atoms with Crippen molar-refractivity contribution in [3.8, 4) is 17.3 Å². The predicted octanol–water partition coefficient (Wildman–Crippen LogP) is 6.89. The standard InChI is InChI=1S/C23H23Cl2N5O2S2/c1-2-3-4-5-10-26-22(31)18-13-33-20(27-18)14-34-23-29-28-21(19-7-6-11-32-19)30(23)15-8-9-16(24)17(25)12-15/h6-9,11-13H,2-5,10,14H2,1H3,(H,26,31). The molecule has 0 aliphatic heterocycles. The van der Waals surface area contributed by atoms with Crippen molar-refractivity contribution >= 4 is 52.2 Å². The molecule has 11 heteroatoms. The molecule has 4 rings (SSSR count). The first kappa shape index (κ1) is 24.8. The summed E-state index contributed by atoms with van der Waals surface area (Å²) in [6, 6.07) is 8.95. The number of benzene rings is 1. The molecule has 0 radical (unpaired) electrons. The summed E-state index contributed by atoms with van der Waals surface area (Å²) in [5.41, 5.74) is 1.20. The van der Waals surface area contributed by atoms with Gasteiger partial charge in [-0.3, -0.25) is 9.36 Å². The summed E-state index contributed by atoms with van der Waals surface area (Å²) in [6.07, 6.45) is 6.04. The molecule has 1 N–H and O–H groups in total. The number of carbonyl (C=O) groups excluding carboxylic acids is 1. The van der Waals surface area contributed by atoms with E-state index in [-0.39, 0.29) is 5.91 Å². The molecular weight excluding hydrogens is 513 g/mol. The van der Waals surface area contributed by atoms with E-state index >= 15 is 0 Å². The largest absolute Gasteiger partial charge is 0.461 e. The lowest BCUT2D eigenvalue weighted by Crippen LogP contribution is -2.24. The number of unbranched alkanes of at least 4 members (excludes halogenated alkanes) is 3. The summed E-state index contributed by atoms with van der Waals surface area (Å²) in [5, 5.41) is 15.8. The molecule has 0 fully saturated rings. The number of thioether (sulfide) groups is 1.